The van der Waals surface area contributed by atoms with E-state index in [-0.39, 0.29) is 11.9 Å². The summed E-state index contributed by atoms with van der Waals surface area (Å²) in [6.45, 7) is 2.76. The summed E-state index contributed by atoms with van der Waals surface area (Å²) < 4.78 is 1.80. The average Bonchev–Trinajstić information content (AvgIpc) is 2.65. The predicted octanol–water partition coefficient (Wildman–Crippen LogP) is -0.00810. The van der Waals surface area contributed by atoms with Gasteiger partial charge in [0.1, 0.15) is 6.33 Å². The molecule has 0 aliphatic carbocycles. The molecule has 1 amide bonds. The lowest BCUT2D eigenvalue weighted by molar-refractivity contribution is -0.121. The molecule has 0 aromatic carbocycles. The first-order valence-corrected chi connectivity index (χ1v) is 5.43. The van der Waals surface area contributed by atoms with E-state index in [1.165, 1.54) is 0 Å². The van der Waals surface area contributed by atoms with Gasteiger partial charge in [-0.2, -0.15) is 0 Å². The van der Waals surface area contributed by atoms with Crippen molar-refractivity contribution in [2.24, 2.45) is 7.05 Å². The van der Waals surface area contributed by atoms with Gasteiger partial charge in [0.2, 0.25) is 5.91 Å². The zero-order chi connectivity index (χ0) is 12.0. The molecule has 1 atom stereocenters. The number of nitrogens with zero attached hydrogens (tertiary/aromatic N) is 3. The lowest BCUT2D eigenvalue weighted by Gasteiger charge is -2.12. The highest BCUT2D eigenvalue weighted by Gasteiger charge is 2.13. The molecule has 2 N–H and O–H groups in total. The molecule has 1 heterocycles. The third-order valence-electron chi connectivity index (χ3n) is 2.34. The van der Waals surface area contributed by atoms with Crippen LogP contribution in [0.3, 0.4) is 0 Å². The second kappa shape index (κ2) is 6.22. The molecule has 0 radical (unpaired) electrons. The molecular formula is C10H19N5O. The van der Waals surface area contributed by atoms with Gasteiger partial charge in [-0.25, -0.2) is 0 Å². The smallest absolute Gasteiger partial charge is 0.220 e. The van der Waals surface area contributed by atoms with Crippen molar-refractivity contribution in [3.05, 3.63) is 12.2 Å². The van der Waals surface area contributed by atoms with Gasteiger partial charge in [0, 0.05) is 13.5 Å². The van der Waals surface area contributed by atoms with Crippen molar-refractivity contribution < 1.29 is 4.79 Å². The Morgan fingerprint density at radius 3 is 2.94 bits per heavy atom. The van der Waals surface area contributed by atoms with Crippen LogP contribution in [0.15, 0.2) is 6.33 Å². The predicted molar refractivity (Wildman–Crippen MR) is 60.7 cm³/mol. The number of amides is 1. The third kappa shape index (κ3) is 3.62. The van der Waals surface area contributed by atoms with Crippen LogP contribution >= 0.6 is 0 Å². The van der Waals surface area contributed by atoms with Crippen molar-refractivity contribution in [1.82, 2.24) is 25.4 Å². The number of nitrogens with one attached hydrogen (secondary N) is 2. The third-order valence-corrected chi connectivity index (χ3v) is 2.34. The molecule has 0 fully saturated rings. The number of aryl methyl sites for hydroxylation is 1. The topological polar surface area (TPSA) is 71.8 Å². The summed E-state index contributed by atoms with van der Waals surface area (Å²) in [7, 11) is 3.74. The van der Waals surface area contributed by atoms with E-state index in [2.05, 4.69) is 20.8 Å². The van der Waals surface area contributed by atoms with Crippen molar-refractivity contribution >= 4 is 5.91 Å². The van der Waals surface area contributed by atoms with Crippen LogP contribution in [0.2, 0.25) is 0 Å². The maximum Gasteiger partial charge on any atom is 0.220 e. The number of carbonyl (C=O) groups is 1. The highest BCUT2D eigenvalue weighted by Crippen LogP contribution is 2.07. The standard InChI is InChI=1S/C10H19N5O/c1-8(10-14-12-7-15(10)3)13-9(16)5-4-6-11-2/h7-8,11H,4-6H2,1-3H3,(H,13,16). The van der Waals surface area contributed by atoms with Gasteiger partial charge in [-0.1, -0.05) is 0 Å². The summed E-state index contributed by atoms with van der Waals surface area (Å²) in [5, 5.41) is 13.6. The summed E-state index contributed by atoms with van der Waals surface area (Å²) in [4.78, 5) is 11.5. The Bertz CT molecular complexity index is 336. The second-order valence-corrected chi connectivity index (χ2v) is 3.80. The van der Waals surface area contributed by atoms with E-state index in [0.29, 0.717) is 6.42 Å². The van der Waals surface area contributed by atoms with Gasteiger partial charge in [0.25, 0.3) is 0 Å². The van der Waals surface area contributed by atoms with E-state index in [1.54, 1.807) is 10.9 Å². The van der Waals surface area contributed by atoms with Gasteiger partial charge < -0.3 is 15.2 Å². The zero-order valence-corrected chi connectivity index (χ0v) is 10.0. The molecule has 1 aromatic rings. The quantitative estimate of drug-likeness (QED) is 0.668. The molecule has 0 bridgehead atoms. The lowest BCUT2D eigenvalue weighted by Crippen LogP contribution is -2.28. The van der Waals surface area contributed by atoms with Crippen LogP contribution in [0.5, 0.6) is 0 Å². The normalized spacial score (nSPS) is 12.4. The molecule has 0 saturated carbocycles. The van der Waals surface area contributed by atoms with E-state index < -0.39 is 0 Å². The minimum absolute atomic E-state index is 0.0470. The molecule has 1 unspecified atom stereocenters. The zero-order valence-electron chi connectivity index (χ0n) is 10.0. The van der Waals surface area contributed by atoms with Crippen molar-refractivity contribution in [3.63, 3.8) is 0 Å². The maximum absolute atomic E-state index is 11.5. The minimum Gasteiger partial charge on any atom is -0.346 e. The van der Waals surface area contributed by atoms with E-state index in [1.807, 2.05) is 21.0 Å². The molecule has 16 heavy (non-hydrogen) atoms. The first kappa shape index (κ1) is 12.6. The summed E-state index contributed by atoms with van der Waals surface area (Å²) in [5.74, 6) is 0.813. The van der Waals surface area contributed by atoms with Crippen LogP contribution in [0, 0.1) is 0 Å². The van der Waals surface area contributed by atoms with Gasteiger partial charge in [-0.3, -0.25) is 4.79 Å². The number of aromatic nitrogens is 3. The van der Waals surface area contributed by atoms with E-state index in [0.717, 1.165) is 18.8 Å². The van der Waals surface area contributed by atoms with Crippen LogP contribution in [0.4, 0.5) is 0 Å². The van der Waals surface area contributed by atoms with Crippen LogP contribution in [0.25, 0.3) is 0 Å². The number of hydrogen-bond acceptors (Lipinski definition) is 4. The first-order chi connectivity index (χ1) is 7.65. The van der Waals surface area contributed by atoms with Crippen LogP contribution in [-0.4, -0.2) is 34.3 Å². The largest absolute Gasteiger partial charge is 0.346 e. The molecule has 0 aliphatic heterocycles. The second-order valence-electron chi connectivity index (χ2n) is 3.80. The highest BCUT2D eigenvalue weighted by atomic mass is 16.1. The monoisotopic (exact) mass is 225 g/mol. The number of carbonyl (C=O) groups excluding carboxylic acids is 1. The van der Waals surface area contributed by atoms with Crippen LogP contribution in [0.1, 0.15) is 31.6 Å². The van der Waals surface area contributed by atoms with Crippen molar-refractivity contribution in [2.75, 3.05) is 13.6 Å². The lowest BCUT2D eigenvalue weighted by atomic mass is 10.2. The number of hydrogen-bond donors (Lipinski definition) is 2. The molecule has 0 saturated heterocycles. The highest BCUT2D eigenvalue weighted by molar-refractivity contribution is 5.76. The van der Waals surface area contributed by atoms with Gasteiger partial charge in [-0.05, 0) is 26.9 Å². The molecule has 0 spiro atoms. The number of rotatable bonds is 6. The van der Waals surface area contributed by atoms with Crippen LogP contribution < -0.4 is 10.6 Å². The molecule has 6 heteroatoms. The molecule has 6 nitrogen and oxygen atoms in total. The summed E-state index contributed by atoms with van der Waals surface area (Å²) in [5.41, 5.74) is 0. The van der Waals surface area contributed by atoms with Crippen molar-refractivity contribution in [3.8, 4) is 0 Å². The fraction of sp³-hybridized carbons (Fsp3) is 0.700. The minimum atomic E-state index is -0.102. The van der Waals surface area contributed by atoms with Gasteiger partial charge >= 0.3 is 0 Å². The van der Waals surface area contributed by atoms with Crippen LogP contribution in [-0.2, 0) is 11.8 Å². The molecule has 1 aromatic heterocycles. The maximum atomic E-state index is 11.5. The fourth-order valence-corrected chi connectivity index (χ4v) is 1.49. The average molecular weight is 225 g/mol. The van der Waals surface area contributed by atoms with Crippen molar-refractivity contribution in [2.45, 2.75) is 25.8 Å². The van der Waals surface area contributed by atoms with Crippen molar-refractivity contribution in [1.29, 1.82) is 0 Å². The Labute approximate surface area is 95.4 Å². The molecule has 90 valence electrons. The molecule has 0 aliphatic rings. The first-order valence-electron chi connectivity index (χ1n) is 5.43. The van der Waals surface area contributed by atoms with Gasteiger partial charge in [0.05, 0.1) is 6.04 Å². The Kier molecular flexibility index (Phi) is 4.91. The van der Waals surface area contributed by atoms with E-state index in [4.69, 9.17) is 0 Å². The summed E-state index contributed by atoms with van der Waals surface area (Å²) >= 11 is 0. The Morgan fingerprint density at radius 2 is 2.38 bits per heavy atom. The summed E-state index contributed by atoms with van der Waals surface area (Å²) in [6, 6.07) is -0.102. The molecule has 1 rings (SSSR count). The molecular weight excluding hydrogens is 206 g/mol. The Hall–Kier alpha value is -1.43. The Balaban J connectivity index is 2.37. The van der Waals surface area contributed by atoms with Gasteiger partial charge in [0.15, 0.2) is 5.82 Å². The summed E-state index contributed by atoms with van der Waals surface area (Å²) in [6.07, 6.45) is 3.00. The Morgan fingerprint density at radius 1 is 1.62 bits per heavy atom. The van der Waals surface area contributed by atoms with E-state index in [9.17, 15) is 4.79 Å². The van der Waals surface area contributed by atoms with E-state index >= 15 is 0 Å². The SMILES string of the molecule is CNCCCC(=O)NC(C)c1nncn1C. The van der Waals surface area contributed by atoms with Gasteiger partial charge in [-0.15, -0.1) is 10.2 Å². The fourth-order valence-electron chi connectivity index (χ4n) is 1.49.